The summed E-state index contributed by atoms with van der Waals surface area (Å²) in [6, 6.07) is -1.01. The van der Waals surface area contributed by atoms with Gasteiger partial charge in [0.15, 0.2) is 18.9 Å². The van der Waals surface area contributed by atoms with Crippen LogP contribution in [-0.2, 0) is 33.2 Å². The first-order chi connectivity index (χ1) is 43.8. The molecule has 0 aromatic heterocycles. The van der Waals surface area contributed by atoms with Crippen LogP contribution in [0, 0.1) is 0 Å². The van der Waals surface area contributed by atoms with Gasteiger partial charge in [-0.25, -0.2) is 0 Å². The van der Waals surface area contributed by atoms with Crippen molar-refractivity contribution in [3.05, 3.63) is 146 Å². The molecular weight excluding hydrogens is 1150 g/mol. The van der Waals surface area contributed by atoms with E-state index in [4.69, 9.17) is 28.4 Å². The van der Waals surface area contributed by atoms with Crippen molar-refractivity contribution in [2.24, 2.45) is 0 Å². The van der Waals surface area contributed by atoms with E-state index in [1.54, 1.807) is 12.2 Å². The third-order valence-electron chi connectivity index (χ3n) is 15.4. The predicted molar refractivity (Wildman–Crippen MR) is 350 cm³/mol. The lowest BCUT2D eigenvalue weighted by atomic mass is 9.96. The van der Waals surface area contributed by atoms with Gasteiger partial charge in [0.25, 0.3) is 0 Å². The topological polar surface area (TPSA) is 307 Å². The van der Waals surface area contributed by atoms with Crippen molar-refractivity contribution in [2.75, 3.05) is 26.4 Å². The molecule has 3 saturated heterocycles. The Labute approximate surface area is 536 Å². The number of hydrogen-bond acceptors (Lipinski definition) is 18. The molecule has 17 atom stereocenters. The summed E-state index contributed by atoms with van der Waals surface area (Å²) in [5.74, 6) is -0.312. The minimum absolute atomic E-state index is 0.208. The fourth-order valence-electron chi connectivity index (χ4n) is 10.0. The van der Waals surface area contributed by atoms with Crippen molar-refractivity contribution in [3.63, 3.8) is 0 Å². The number of aliphatic hydroxyl groups is 11. The monoisotopic (exact) mass is 1270 g/mol. The number of allylic oxidation sites excluding steroid dienone is 23. The van der Waals surface area contributed by atoms with Crippen molar-refractivity contribution >= 4 is 5.91 Å². The molecule has 3 aliphatic heterocycles. The summed E-state index contributed by atoms with van der Waals surface area (Å²) in [7, 11) is 0. The summed E-state index contributed by atoms with van der Waals surface area (Å²) in [6.45, 7) is 1.40. The Morgan fingerprint density at radius 1 is 0.400 bits per heavy atom. The number of carbonyl (C=O) groups is 1. The molecule has 3 aliphatic rings. The van der Waals surface area contributed by atoms with Gasteiger partial charge in [0.2, 0.25) is 5.91 Å². The Balaban J connectivity index is 1.37. The van der Waals surface area contributed by atoms with E-state index < -0.39 is 124 Å². The third-order valence-corrected chi connectivity index (χ3v) is 15.4. The van der Waals surface area contributed by atoms with Gasteiger partial charge in [-0.15, -0.1) is 0 Å². The van der Waals surface area contributed by atoms with Crippen LogP contribution in [0.5, 0.6) is 0 Å². The molecule has 1 amide bonds. The second-order valence-corrected chi connectivity index (χ2v) is 22.8. The predicted octanol–water partition coefficient (Wildman–Crippen LogP) is 7.98. The van der Waals surface area contributed by atoms with Gasteiger partial charge in [0, 0.05) is 6.42 Å². The summed E-state index contributed by atoms with van der Waals surface area (Å²) >= 11 is 0. The molecule has 3 heterocycles. The Kier molecular flexibility index (Phi) is 45.4. The Morgan fingerprint density at radius 2 is 0.744 bits per heavy atom. The van der Waals surface area contributed by atoms with E-state index in [0.29, 0.717) is 12.8 Å². The molecule has 19 heteroatoms. The molecule has 0 radical (unpaired) electrons. The molecular formula is C71H113NO18. The summed E-state index contributed by atoms with van der Waals surface area (Å²) < 4.78 is 34.2. The van der Waals surface area contributed by atoms with Crippen molar-refractivity contribution in [1.82, 2.24) is 5.32 Å². The molecule has 19 nitrogen and oxygen atoms in total. The smallest absolute Gasteiger partial charge is 0.220 e. The average Bonchev–Trinajstić information content (AvgIpc) is 1.08. The van der Waals surface area contributed by atoms with E-state index in [2.05, 4.69) is 153 Å². The fourth-order valence-corrected chi connectivity index (χ4v) is 10.0. The van der Waals surface area contributed by atoms with Crippen molar-refractivity contribution in [1.29, 1.82) is 0 Å². The second-order valence-electron chi connectivity index (χ2n) is 22.8. The molecule has 12 N–H and O–H groups in total. The molecule has 0 saturated carbocycles. The molecule has 90 heavy (non-hydrogen) atoms. The summed E-state index contributed by atoms with van der Waals surface area (Å²) in [4.78, 5) is 13.3. The van der Waals surface area contributed by atoms with E-state index >= 15 is 0 Å². The van der Waals surface area contributed by atoms with Gasteiger partial charge < -0.3 is 89.9 Å². The molecule has 0 spiro atoms. The first kappa shape index (κ1) is 79.9. The zero-order chi connectivity index (χ0) is 65.4. The van der Waals surface area contributed by atoms with Gasteiger partial charge in [-0.2, -0.15) is 0 Å². The van der Waals surface area contributed by atoms with E-state index in [0.717, 1.165) is 128 Å². The van der Waals surface area contributed by atoms with Crippen molar-refractivity contribution in [2.45, 2.75) is 266 Å². The lowest BCUT2D eigenvalue weighted by Gasteiger charge is -2.48. The van der Waals surface area contributed by atoms with Crippen LogP contribution in [0.25, 0.3) is 0 Å². The quantitative estimate of drug-likeness (QED) is 0.0203. The van der Waals surface area contributed by atoms with E-state index in [1.165, 1.54) is 0 Å². The third kappa shape index (κ3) is 33.0. The highest BCUT2D eigenvalue weighted by Crippen LogP contribution is 2.33. The van der Waals surface area contributed by atoms with Gasteiger partial charge in [-0.05, 0) is 109 Å². The van der Waals surface area contributed by atoms with Gasteiger partial charge >= 0.3 is 0 Å². The van der Waals surface area contributed by atoms with Crippen LogP contribution in [0.15, 0.2) is 146 Å². The summed E-state index contributed by atoms with van der Waals surface area (Å²) in [5.41, 5.74) is 0. The highest BCUT2D eigenvalue weighted by Gasteiger charge is 2.53. The largest absolute Gasteiger partial charge is 0.394 e. The Bertz CT molecular complexity index is 2200. The van der Waals surface area contributed by atoms with Crippen LogP contribution in [0.3, 0.4) is 0 Å². The minimum atomic E-state index is -1.99. The van der Waals surface area contributed by atoms with E-state index in [1.807, 2.05) is 0 Å². The van der Waals surface area contributed by atoms with Crippen molar-refractivity contribution < 1.29 is 89.4 Å². The highest BCUT2D eigenvalue weighted by atomic mass is 16.8. The van der Waals surface area contributed by atoms with Crippen LogP contribution in [0.4, 0.5) is 0 Å². The zero-order valence-corrected chi connectivity index (χ0v) is 53.5. The fraction of sp³-hybridized carbons (Fsp3) is 0.648. The number of hydrogen-bond donors (Lipinski definition) is 12. The number of aliphatic hydroxyl groups excluding tert-OH is 11. The Hall–Kier alpha value is -4.33. The second kappa shape index (κ2) is 51.1. The number of unbranched alkanes of at least 4 members (excludes halogenated alkanes) is 9. The molecule has 510 valence electrons. The lowest BCUT2D eigenvalue weighted by Crippen LogP contribution is -2.66. The van der Waals surface area contributed by atoms with Crippen LogP contribution < -0.4 is 5.32 Å². The number of nitrogens with one attached hydrogen (secondary N) is 1. The maximum absolute atomic E-state index is 13.3. The molecule has 0 bridgehead atoms. The molecule has 0 aliphatic carbocycles. The van der Waals surface area contributed by atoms with Crippen LogP contribution in [-0.4, -0.2) is 193 Å². The number of amides is 1. The van der Waals surface area contributed by atoms with Crippen molar-refractivity contribution in [3.8, 4) is 0 Å². The Morgan fingerprint density at radius 3 is 1.20 bits per heavy atom. The number of ether oxygens (including phenoxy) is 6. The number of rotatable bonds is 47. The van der Waals surface area contributed by atoms with Gasteiger partial charge in [-0.3, -0.25) is 4.79 Å². The normalized spacial score (nSPS) is 29.0. The zero-order valence-electron chi connectivity index (χ0n) is 53.5. The van der Waals surface area contributed by atoms with Gasteiger partial charge in [-0.1, -0.05) is 192 Å². The van der Waals surface area contributed by atoms with Crippen LogP contribution in [0.1, 0.15) is 162 Å². The average molecular weight is 1270 g/mol. The van der Waals surface area contributed by atoms with E-state index in [-0.39, 0.29) is 18.9 Å². The molecule has 0 aromatic rings. The highest BCUT2D eigenvalue weighted by molar-refractivity contribution is 5.76. The van der Waals surface area contributed by atoms with Crippen LogP contribution >= 0.6 is 0 Å². The first-order valence-corrected chi connectivity index (χ1v) is 33.1. The maximum atomic E-state index is 13.3. The van der Waals surface area contributed by atoms with E-state index in [9.17, 15) is 61.0 Å². The minimum Gasteiger partial charge on any atom is -0.394 e. The molecule has 17 unspecified atom stereocenters. The maximum Gasteiger partial charge on any atom is 0.220 e. The number of carbonyl (C=O) groups excluding carboxylic acids is 1. The SMILES string of the molecule is CC/C=C\C/C=C\C/C=C\C/C=C\C/C=C\C/C=C\C/C=C\C/C=C\C/C=C\CCCCCCCCCC(=O)NC(COC1OC(CO)C(OC2OC(CO)C(OC3OC(CO)C(O)C(O)C3O)C(O)C2O)C(O)C1O)C(O)/C=C/CC/C=C/CC/C=C/CC. The molecule has 3 rings (SSSR count). The molecule has 3 fully saturated rings. The first-order valence-electron chi connectivity index (χ1n) is 33.1. The van der Waals surface area contributed by atoms with Crippen LogP contribution in [0.2, 0.25) is 0 Å². The summed E-state index contributed by atoms with van der Waals surface area (Å²) in [6.07, 6.45) is 45.7. The summed E-state index contributed by atoms with van der Waals surface area (Å²) in [5, 5.41) is 120. The molecule has 0 aromatic carbocycles. The standard InChI is InChI=1S/C71H113NO18/c1-3-5-7-9-11-13-15-16-17-18-19-20-21-22-23-24-25-26-27-28-29-30-31-32-33-34-35-36-37-38-39-41-43-45-47-49-59(77)72-54(55(76)48-46-44-42-40-14-12-10-8-6-4-2)53-85-69-65(83)62(80)67(57(51-74)87-69)90-71-66(84)63(81)68(58(52-75)88-71)89-70-64(82)61(79)60(78)56(50-73)86-70/h5-8,11,13-14,16-17,19-20,22-23,25-26,28-29,31-32,34-35,40,46,48,54-58,60-71,73-76,78-84H,3-4,9-10,12,15,18,21,24,27,30,33,36-39,41-45,47,49-53H2,1-2H3,(H,72,77)/b7-5-,8-6+,13-11-,17-16-,20-19-,23-22-,26-25-,29-28-,32-31-,35-34-,40-14+,48-46+. The van der Waals surface area contributed by atoms with Gasteiger partial charge in [0.05, 0.1) is 38.6 Å². The van der Waals surface area contributed by atoms with Gasteiger partial charge in [0.1, 0.15) is 73.2 Å². The lowest BCUT2D eigenvalue weighted by molar-refractivity contribution is -0.379.